The van der Waals surface area contributed by atoms with Crippen LogP contribution in [-0.2, 0) is 9.53 Å². The van der Waals surface area contributed by atoms with Crippen molar-refractivity contribution in [3.63, 3.8) is 0 Å². The van der Waals surface area contributed by atoms with E-state index in [2.05, 4.69) is 6.58 Å². The molecule has 0 aliphatic carbocycles. The molecule has 1 aromatic rings. The molecule has 0 aliphatic heterocycles. The molecule has 1 aromatic carbocycles. The molecule has 0 amide bonds. The van der Waals surface area contributed by atoms with Crippen molar-refractivity contribution in [2.75, 3.05) is 0 Å². The van der Waals surface area contributed by atoms with Crippen molar-refractivity contribution in [3.05, 3.63) is 60.7 Å². The van der Waals surface area contributed by atoms with Crippen molar-refractivity contribution in [2.45, 2.75) is 13.0 Å². The molecule has 0 saturated heterocycles. The molecule has 11 nitrogen and oxygen atoms in total. The monoisotopic (exact) mass is 311 g/mol. The van der Waals surface area contributed by atoms with Crippen molar-refractivity contribution in [2.24, 2.45) is 0 Å². The summed E-state index contributed by atoms with van der Waals surface area (Å²) in [4.78, 5) is 40.3. The van der Waals surface area contributed by atoms with Crippen LogP contribution in [0.25, 0.3) is 0 Å². The lowest BCUT2D eigenvalue weighted by molar-refractivity contribution is -0.441. The molecule has 0 heterocycles. The third kappa shape index (κ3) is 3.39. The van der Waals surface area contributed by atoms with Crippen molar-refractivity contribution >= 4 is 23.0 Å². The molecule has 0 aromatic heterocycles. The molecule has 1 unspecified atom stereocenters. The Morgan fingerprint density at radius 2 is 1.59 bits per heavy atom. The van der Waals surface area contributed by atoms with Gasteiger partial charge in [-0.3, -0.25) is 30.3 Å². The number of hydrogen-bond acceptors (Lipinski definition) is 8. The smallest absolute Gasteiger partial charge is 0.422 e. The van der Waals surface area contributed by atoms with Gasteiger partial charge in [-0.05, 0) is 6.92 Å². The minimum absolute atomic E-state index is 0.126. The second-order valence-electron chi connectivity index (χ2n) is 3.96. The molecule has 0 radical (unpaired) electrons. The number of nitro groups is 3. The minimum atomic E-state index is -1.24. The van der Waals surface area contributed by atoms with E-state index in [0.717, 1.165) is 18.2 Å². The van der Waals surface area contributed by atoms with Gasteiger partial charge in [0.15, 0.2) is 0 Å². The Labute approximate surface area is 122 Å². The first-order valence-electron chi connectivity index (χ1n) is 5.63. The summed E-state index contributed by atoms with van der Waals surface area (Å²) in [6.45, 7) is 4.46. The van der Waals surface area contributed by atoms with Crippen LogP contribution in [0.2, 0.25) is 0 Å². The number of rotatable bonds is 6. The SMILES string of the molecule is C=CC(=O)OC(C)c1cc([N+](=O)[O-])c([N+](=O)[O-])c([N+](=O)[O-])c1. The molecule has 1 atom stereocenters. The van der Waals surface area contributed by atoms with Crippen molar-refractivity contribution in [1.29, 1.82) is 0 Å². The first-order valence-corrected chi connectivity index (χ1v) is 5.63. The lowest BCUT2D eigenvalue weighted by Gasteiger charge is -2.11. The highest BCUT2D eigenvalue weighted by molar-refractivity contribution is 5.81. The zero-order valence-corrected chi connectivity index (χ0v) is 11.1. The fourth-order valence-corrected chi connectivity index (χ4v) is 1.62. The van der Waals surface area contributed by atoms with Gasteiger partial charge in [-0.25, -0.2) is 4.79 Å². The number of nitro benzene ring substituents is 3. The van der Waals surface area contributed by atoms with Crippen LogP contribution in [0.1, 0.15) is 18.6 Å². The maximum atomic E-state index is 11.1. The first kappa shape index (κ1) is 16.7. The van der Waals surface area contributed by atoms with Gasteiger partial charge < -0.3 is 4.74 Å². The van der Waals surface area contributed by atoms with Crippen LogP contribution in [-0.4, -0.2) is 20.7 Å². The minimum Gasteiger partial charge on any atom is -0.455 e. The Kier molecular flexibility index (Phi) is 4.84. The van der Waals surface area contributed by atoms with E-state index in [1.54, 1.807) is 0 Å². The number of esters is 1. The summed E-state index contributed by atoms with van der Waals surface area (Å²) < 4.78 is 4.78. The van der Waals surface area contributed by atoms with Crippen LogP contribution in [0, 0.1) is 30.3 Å². The van der Waals surface area contributed by atoms with Crippen molar-refractivity contribution < 1.29 is 24.3 Å². The maximum absolute atomic E-state index is 11.1. The number of benzene rings is 1. The van der Waals surface area contributed by atoms with Gasteiger partial charge in [0, 0.05) is 23.8 Å². The van der Waals surface area contributed by atoms with E-state index in [0.29, 0.717) is 0 Å². The predicted molar refractivity (Wildman–Crippen MR) is 71.1 cm³/mol. The van der Waals surface area contributed by atoms with Gasteiger partial charge in [-0.15, -0.1) is 0 Å². The number of hydrogen-bond donors (Lipinski definition) is 0. The number of carbonyl (C=O) groups excluding carboxylic acids is 1. The summed E-state index contributed by atoms with van der Waals surface area (Å²) in [5.41, 5.74) is -3.48. The molecular weight excluding hydrogens is 302 g/mol. The molecule has 0 aliphatic rings. The average molecular weight is 311 g/mol. The number of ether oxygens (including phenoxy) is 1. The largest absolute Gasteiger partial charge is 0.455 e. The van der Waals surface area contributed by atoms with E-state index >= 15 is 0 Å². The quantitative estimate of drug-likeness (QED) is 0.335. The molecule has 0 fully saturated rings. The highest BCUT2D eigenvalue weighted by Crippen LogP contribution is 2.39. The van der Waals surface area contributed by atoms with Crippen LogP contribution in [0.3, 0.4) is 0 Å². The van der Waals surface area contributed by atoms with Gasteiger partial charge in [-0.1, -0.05) is 6.58 Å². The topological polar surface area (TPSA) is 156 Å². The van der Waals surface area contributed by atoms with Gasteiger partial charge >= 0.3 is 23.0 Å². The fraction of sp³-hybridized carbons (Fsp3) is 0.182. The fourth-order valence-electron chi connectivity index (χ4n) is 1.62. The normalized spacial score (nSPS) is 11.3. The predicted octanol–water partition coefficient (Wildman–Crippen LogP) is 2.20. The standard InChI is InChI=1S/C11H9N3O8/c1-3-10(15)22-6(2)7-4-8(12(16)17)11(14(20)21)9(5-7)13(18)19/h3-6H,1H2,2H3. The third-order valence-electron chi connectivity index (χ3n) is 2.60. The van der Waals surface area contributed by atoms with Crippen LogP contribution >= 0.6 is 0 Å². The second-order valence-corrected chi connectivity index (χ2v) is 3.96. The van der Waals surface area contributed by atoms with E-state index in [4.69, 9.17) is 4.74 Å². The molecular formula is C11H9N3O8. The third-order valence-corrected chi connectivity index (χ3v) is 2.60. The van der Waals surface area contributed by atoms with E-state index in [-0.39, 0.29) is 5.56 Å². The average Bonchev–Trinajstić information content (AvgIpc) is 2.44. The molecule has 11 heteroatoms. The van der Waals surface area contributed by atoms with Gasteiger partial charge in [0.1, 0.15) is 6.10 Å². The molecule has 0 saturated carbocycles. The van der Waals surface area contributed by atoms with E-state index < -0.39 is 43.9 Å². The van der Waals surface area contributed by atoms with Gasteiger partial charge in [0.05, 0.1) is 14.8 Å². The van der Waals surface area contributed by atoms with Crippen LogP contribution < -0.4 is 0 Å². The first-order chi connectivity index (χ1) is 10.2. The molecule has 22 heavy (non-hydrogen) atoms. The summed E-state index contributed by atoms with van der Waals surface area (Å²) in [6.07, 6.45) is -0.256. The summed E-state index contributed by atoms with van der Waals surface area (Å²) in [5, 5.41) is 32.7. The zero-order chi connectivity index (χ0) is 17.0. The molecule has 1 rings (SSSR count). The van der Waals surface area contributed by atoms with Gasteiger partial charge in [0.2, 0.25) is 0 Å². The second kappa shape index (κ2) is 6.39. The van der Waals surface area contributed by atoms with Crippen LogP contribution in [0.5, 0.6) is 0 Å². The molecule has 0 bridgehead atoms. The summed E-state index contributed by atoms with van der Waals surface area (Å²) in [6, 6.07) is 1.51. The van der Waals surface area contributed by atoms with Gasteiger partial charge in [-0.2, -0.15) is 0 Å². The highest BCUT2D eigenvalue weighted by atomic mass is 16.6. The summed E-state index contributed by atoms with van der Waals surface area (Å²) in [7, 11) is 0. The Balaban J connectivity index is 3.53. The maximum Gasteiger partial charge on any atom is 0.422 e. The Hall–Kier alpha value is -3.37. The van der Waals surface area contributed by atoms with E-state index in [1.807, 2.05) is 0 Å². The van der Waals surface area contributed by atoms with Crippen LogP contribution in [0.4, 0.5) is 17.1 Å². The Morgan fingerprint density at radius 3 is 1.91 bits per heavy atom. The van der Waals surface area contributed by atoms with Crippen molar-refractivity contribution in [1.82, 2.24) is 0 Å². The van der Waals surface area contributed by atoms with E-state index in [1.165, 1.54) is 6.92 Å². The van der Waals surface area contributed by atoms with Crippen molar-refractivity contribution in [3.8, 4) is 0 Å². The molecule has 116 valence electrons. The lowest BCUT2D eigenvalue weighted by Crippen LogP contribution is -2.08. The number of carbonyl (C=O) groups is 1. The van der Waals surface area contributed by atoms with Crippen LogP contribution in [0.15, 0.2) is 24.8 Å². The summed E-state index contributed by atoms with van der Waals surface area (Å²) in [5.74, 6) is -0.851. The van der Waals surface area contributed by atoms with E-state index in [9.17, 15) is 35.1 Å². The Bertz CT molecular complexity index is 649. The number of nitrogens with zero attached hydrogens (tertiary/aromatic N) is 3. The molecule has 0 N–H and O–H groups in total. The highest BCUT2D eigenvalue weighted by Gasteiger charge is 2.37. The summed E-state index contributed by atoms with van der Waals surface area (Å²) >= 11 is 0. The van der Waals surface area contributed by atoms with Gasteiger partial charge in [0.25, 0.3) is 0 Å². The lowest BCUT2D eigenvalue weighted by atomic mass is 10.1. The molecule has 0 spiro atoms. The zero-order valence-electron chi connectivity index (χ0n) is 11.1. The Morgan fingerprint density at radius 1 is 1.14 bits per heavy atom.